The maximum absolute atomic E-state index is 10.1. The number of nitrogens with zero attached hydrogens (tertiary/aromatic N) is 2. The summed E-state index contributed by atoms with van der Waals surface area (Å²) < 4.78 is 0. The lowest BCUT2D eigenvalue weighted by Crippen LogP contribution is -2.34. The van der Waals surface area contributed by atoms with Crippen molar-refractivity contribution in [3.05, 3.63) is 59.7 Å². The molecule has 130 valence electrons. The third-order valence-electron chi connectivity index (χ3n) is 4.40. The molecule has 0 spiro atoms. The topological polar surface area (TPSA) is 46.9 Å². The molecule has 0 atom stereocenters. The van der Waals surface area contributed by atoms with Crippen molar-refractivity contribution in [2.75, 3.05) is 26.2 Å². The van der Waals surface area contributed by atoms with Gasteiger partial charge in [0.15, 0.2) is 0 Å². The predicted octanol–water partition coefficient (Wildman–Crippen LogP) is 3.44. The van der Waals surface area contributed by atoms with Crippen molar-refractivity contribution < 1.29 is 10.2 Å². The maximum Gasteiger partial charge on any atom is 0.120 e. The summed E-state index contributed by atoms with van der Waals surface area (Å²) in [5.74, 6) is 0.644. The second-order valence-electron chi connectivity index (χ2n) is 5.99. The molecule has 0 radical (unpaired) electrons. The van der Waals surface area contributed by atoms with Crippen molar-refractivity contribution >= 4 is 0 Å². The van der Waals surface area contributed by atoms with Gasteiger partial charge in [-0.1, -0.05) is 50.2 Å². The third kappa shape index (κ3) is 5.25. The molecule has 2 N–H and O–H groups in total. The highest BCUT2D eigenvalue weighted by Gasteiger charge is 2.13. The molecule has 4 heteroatoms. The summed E-state index contributed by atoms with van der Waals surface area (Å²) in [6.45, 7) is 9.54. The van der Waals surface area contributed by atoms with Crippen LogP contribution in [0.3, 0.4) is 0 Å². The van der Waals surface area contributed by atoms with Crippen LogP contribution in [0, 0.1) is 0 Å². The van der Waals surface area contributed by atoms with Crippen molar-refractivity contribution in [1.29, 1.82) is 0 Å². The number of aromatic hydroxyl groups is 2. The van der Waals surface area contributed by atoms with Gasteiger partial charge in [0.05, 0.1) is 0 Å². The number of likely N-dealkylation sites (N-methyl/N-ethyl adjacent to an activating group) is 1. The fourth-order valence-electron chi connectivity index (χ4n) is 2.81. The average molecular weight is 328 g/mol. The van der Waals surface area contributed by atoms with E-state index in [1.54, 1.807) is 12.1 Å². The van der Waals surface area contributed by atoms with E-state index in [9.17, 15) is 10.2 Å². The van der Waals surface area contributed by atoms with Gasteiger partial charge < -0.3 is 15.1 Å². The van der Waals surface area contributed by atoms with Gasteiger partial charge in [0, 0.05) is 37.3 Å². The van der Waals surface area contributed by atoms with Crippen molar-refractivity contribution in [2.45, 2.75) is 26.9 Å². The van der Waals surface area contributed by atoms with E-state index >= 15 is 0 Å². The van der Waals surface area contributed by atoms with Gasteiger partial charge in [-0.15, -0.1) is 0 Å². The van der Waals surface area contributed by atoms with Crippen molar-refractivity contribution in [1.82, 2.24) is 9.80 Å². The van der Waals surface area contributed by atoms with E-state index in [0.717, 1.165) is 37.3 Å². The molecule has 0 saturated carbocycles. The van der Waals surface area contributed by atoms with E-state index in [1.807, 2.05) is 36.4 Å². The molecule has 0 bridgehead atoms. The summed E-state index contributed by atoms with van der Waals surface area (Å²) in [6, 6.07) is 14.9. The van der Waals surface area contributed by atoms with Crippen LogP contribution in [0.5, 0.6) is 11.5 Å². The minimum Gasteiger partial charge on any atom is -0.508 e. The van der Waals surface area contributed by atoms with Crippen LogP contribution in [0.25, 0.3) is 0 Å². The summed E-state index contributed by atoms with van der Waals surface area (Å²) in [5, 5.41) is 20.1. The van der Waals surface area contributed by atoms with Gasteiger partial charge >= 0.3 is 0 Å². The van der Waals surface area contributed by atoms with E-state index in [4.69, 9.17) is 0 Å². The molecule has 2 aromatic carbocycles. The third-order valence-corrected chi connectivity index (χ3v) is 4.40. The Hall–Kier alpha value is -2.04. The van der Waals surface area contributed by atoms with Gasteiger partial charge in [0.2, 0.25) is 0 Å². The highest BCUT2D eigenvalue weighted by atomic mass is 16.3. The number of hydrogen-bond donors (Lipinski definition) is 2. The lowest BCUT2D eigenvalue weighted by molar-refractivity contribution is 0.199. The molecule has 0 heterocycles. The Kier molecular flexibility index (Phi) is 7.09. The average Bonchev–Trinajstić information content (AvgIpc) is 2.59. The minimum absolute atomic E-state index is 0.322. The van der Waals surface area contributed by atoms with Crippen LogP contribution in [0.2, 0.25) is 0 Å². The molecular weight excluding hydrogens is 300 g/mol. The number of hydrogen-bond acceptors (Lipinski definition) is 4. The summed E-state index contributed by atoms with van der Waals surface area (Å²) in [6.07, 6.45) is 0. The molecular formula is C20H28N2O2. The maximum atomic E-state index is 10.1. The number of benzene rings is 2. The molecule has 0 unspecified atom stereocenters. The van der Waals surface area contributed by atoms with Gasteiger partial charge in [0.25, 0.3) is 0 Å². The first-order valence-electron chi connectivity index (χ1n) is 8.62. The minimum atomic E-state index is 0.322. The molecule has 0 aliphatic rings. The smallest absolute Gasteiger partial charge is 0.120 e. The van der Waals surface area contributed by atoms with Gasteiger partial charge in [-0.25, -0.2) is 0 Å². The molecule has 0 aromatic heterocycles. The van der Waals surface area contributed by atoms with Crippen LogP contribution in [-0.4, -0.2) is 46.2 Å². The number of rotatable bonds is 9. The monoisotopic (exact) mass is 328 g/mol. The van der Waals surface area contributed by atoms with Gasteiger partial charge in [-0.05, 0) is 25.2 Å². The quantitative estimate of drug-likeness (QED) is 0.740. The molecule has 4 nitrogen and oxygen atoms in total. The zero-order valence-corrected chi connectivity index (χ0v) is 14.7. The lowest BCUT2D eigenvalue weighted by Gasteiger charge is -2.27. The zero-order chi connectivity index (χ0) is 17.4. The number of para-hydroxylation sites is 2. The van der Waals surface area contributed by atoms with Crippen LogP contribution in [-0.2, 0) is 13.1 Å². The second-order valence-corrected chi connectivity index (χ2v) is 5.99. The van der Waals surface area contributed by atoms with Crippen LogP contribution in [0.4, 0.5) is 0 Å². The normalized spacial score (nSPS) is 11.3. The Morgan fingerprint density at radius 1 is 0.667 bits per heavy atom. The molecule has 24 heavy (non-hydrogen) atoms. The SMILES string of the molecule is CCN(CC)CCN(Cc1ccccc1O)Cc1ccccc1O. The molecule has 2 aromatic rings. The zero-order valence-electron chi connectivity index (χ0n) is 14.7. The first kappa shape index (κ1) is 18.3. The Labute approximate surface area is 145 Å². The summed E-state index contributed by atoms with van der Waals surface area (Å²) in [5.41, 5.74) is 1.82. The highest BCUT2D eigenvalue weighted by molar-refractivity contribution is 5.33. The van der Waals surface area contributed by atoms with E-state index in [2.05, 4.69) is 23.6 Å². The first-order chi connectivity index (χ1) is 11.6. The summed E-state index contributed by atoms with van der Waals surface area (Å²) >= 11 is 0. The van der Waals surface area contributed by atoms with Crippen LogP contribution >= 0.6 is 0 Å². The van der Waals surface area contributed by atoms with Crippen molar-refractivity contribution in [2.24, 2.45) is 0 Å². The Balaban J connectivity index is 2.11. The summed E-state index contributed by atoms with van der Waals surface area (Å²) in [7, 11) is 0. The number of phenols is 2. The lowest BCUT2D eigenvalue weighted by atomic mass is 10.1. The van der Waals surface area contributed by atoms with E-state index in [-0.39, 0.29) is 0 Å². The standard InChI is InChI=1S/C20H28N2O2/c1-3-21(4-2)13-14-22(15-17-9-5-7-11-19(17)23)16-18-10-6-8-12-20(18)24/h5-12,23-24H,3-4,13-16H2,1-2H3. The molecule has 0 aliphatic heterocycles. The van der Waals surface area contributed by atoms with Gasteiger partial charge in [-0.2, -0.15) is 0 Å². The van der Waals surface area contributed by atoms with Gasteiger partial charge in [0.1, 0.15) is 11.5 Å². The molecule has 2 rings (SSSR count). The fourth-order valence-corrected chi connectivity index (χ4v) is 2.81. The Bertz CT molecular complexity index is 579. The van der Waals surface area contributed by atoms with Crippen molar-refractivity contribution in [3.8, 4) is 11.5 Å². The molecule has 0 aliphatic carbocycles. The number of phenolic OH excluding ortho intramolecular Hbond substituents is 2. The summed E-state index contributed by atoms with van der Waals surface area (Å²) in [4.78, 5) is 4.64. The first-order valence-corrected chi connectivity index (χ1v) is 8.62. The predicted molar refractivity (Wildman–Crippen MR) is 98.1 cm³/mol. The molecule has 0 amide bonds. The molecule has 0 fully saturated rings. The van der Waals surface area contributed by atoms with Crippen LogP contribution in [0.15, 0.2) is 48.5 Å². The van der Waals surface area contributed by atoms with E-state index in [0.29, 0.717) is 24.6 Å². The van der Waals surface area contributed by atoms with Crippen LogP contribution in [0.1, 0.15) is 25.0 Å². The fraction of sp³-hybridized carbons (Fsp3) is 0.400. The van der Waals surface area contributed by atoms with Gasteiger partial charge in [-0.3, -0.25) is 4.90 Å². The van der Waals surface area contributed by atoms with E-state index < -0.39 is 0 Å². The van der Waals surface area contributed by atoms with E-state index in [1.165, 1.54) is 0 Å². The largest absolute Gasteiger partial charge is 0.508 e. The second kappa shape index (κ2) is 9.30. The Morgan fingerprint density at radius 2 is 1.08 bits per heavy atom. The van der Waals surface area contributed by atoms with Crippen molar-refractivity contribution in [3.63, 3.8) is 0 Å². The van der Waals surface area contributed by atoms with Crippen LogP contribution < -0.4 is 0 Å². The Morgan fingerprint density at radius 3 is 1.50 bits per heavy atom. The molecule has 0 saturated heterocycles. The highest BCUT2D eigenvalue weighted by Crippen LogP contribution is 2.22.